The van der Waals surface area contributed by atoms with E-state index in [1.54, 1.807) is 0 Å². The van der Waals surface area contributed by atoms with Gasteiger partial charge in [-0.15, -0.1) is 0 Å². The molecule has 10 heavy (non-hydrogen) atoms. The topological polar surface area (TPSA) is 255 Å². The molecule has 0 aromatic rings. The Morgan fingerprint density at radius 1 is 0.700 bits per heavy atom. The fourth-order valence-electron chi connectivity index (χ4n) is 0. The van der Waals surface area contributed by atoms with Gasteiger partial charge in [-0.05, 0) is 0 Å². The minimum atomic E-state index is -2.60. The third kappa shape index (κ3) is 77700. The largest absolute Gasteiger partial charge is 0.412 e. The summed E-state index contributed by atoms with van der Waals surface area (Å²) in [5.74, 6) is 0. The van der Waals surface area contributed by atoms with E-state index < -0.39 is 10.8 Å². The van der Waals surface area contributed by atoms with Crippen molar-refractivity contribution in [2.45, 2.75) is 0 Å². The van der Waals surface area contributed by atoms with Crippen LogP contribution in [-0.4, -0.2) is 37.5 Å². The highest BCUT2D eigenvalue weighted by Crippen LogP contribution is 1.38. The van der Waals surface area contributed by atoms with Crippen LogP contribution in [-0.2, 0) is 0 Å². The number of halogens is 1. The van der Waals surface area contributed by atoms with E-state index in [9.17, 15) is 0 Å². The first-order valence-electron chi connectivity index (χ1n) is 0.478. The zero-order chi connectivity index (χ0) is 3.58. The molecular weight excluding hydrogens is 179 g/mol. The zero-order valence-corrected chi connectivity index (χ0v) is 5.40. The lowest BCUT2D eigenvalue weighted by Crippen LogP contribution is -2.30. The van der Waals surface area contributed by atoms with Crippen molar-refractivity contribution in [1.82, 2.24) is 0 Å². The van der Waals surface area contributed by atoms with E-state index in [-0.39, 0.29) is 32.9 Å². The molecule has 0 aromatic heterocycles. The molecule has 0 atom stereocenters. The van der Waals surface area contributed by atoms with Gasteiger partial charge >= 0.3 is 0 Å². The minimum Gasteiger partial charge on any atom is -0.412 e. The monoisotopic (exact) mass is 192 g/mol. The molecule has 0 fully saturated rings. The first kappa shape index (κ1) is 92.2. The Morgan fingerprint density at radius 3 is 0.700 bits per heavy atom. The number of rotatable bonds is 0. The fourth-order valence-corrected chi connectivity index (χ4v) is 0. The molecule has 0 bridgehead atoms. The first-order chi connectivity index (χ1) is 1.73. The highest BCUT2D eigenvalue weighted by Gasteiger charge is 1.79. The highest BCUT2D eigenvalue weighted by molar-refractivity contribution is 1.94. The summed E-state index contributed by atoms with van der Waals surface area (Å²) in [4.78, 5) is 0. The average molecular weight is 193 g/mol. The summed E-state index contributed by atoms with van der Waals surface area (Å²) in [5, 5.41) is 0. The summed E-state index contributed by atoms with van der Waals surface area (Å²) < 4.78 is 24.0. The molecule has 0 saturated carbocycles. The van der Waals surface area contributed by atoms with Gasteiger partial charge < -0.3 is 42.2 Å². The number of hydrogen-bond acceptors (Lipinski definition) is 3. The average Bonchev–Trinajstić information content (AvgIpc) is 0.811. The van der Waals surface area contributed by atoms with Crippen molar-refractivity contribution in [3.05, 3.63) is 0 Å². The van der Waals surface area contributed by atoms with Crippen molar-refractivity contribution >= 4 is 0 Å². The van der Waals surface area contributed by atoms with Gasteiger partial charge in [-0.2, -0.15) is 0 Å². The highest BCUT2D eigenvalue weighted by atomic mass is 35.6. The SMILES string of the molecule is O.O.O.O.O.O.[O-][Cl+2]([O-])O. The standard InChI is InChI=1S/ClHO3.6H2O/c2-1(3)4;;;;;;/h2H;6*1H2. The lowest BCUT2D eigenvalue weighted by Gasteiger charge is -1.72. The van der Waals surface area contributed by atoms with Crippen LogP contribution < -0.4 is 9.32 Å². The van der Waals surface area contributed by atoms with Crippen LogP contribution in [0.5, 0.6) is 0 Å². The van der Waals surface area contributed by atoms with Crippen LogP contribution in [0.3, 0.4) is 0 Å². The van der Waals surface area contributed by atoms with Crippen molar-refractivity contribution in [2.24, 2.45) is 0 Å². The second kappa shape index (κ2) is 65.4. The Labute approximate surface area is 58.8 Å². The van der Waals surface area contributed by atoms with E-state index in [1.807, 2.05) is 0 Å². The molecule has 0 heterocycles. The van der Waals surface area contributed by atoms with Crippen molar-refractivity contribution in [3.8, 4) is 0 Å². The molecule has 0 amide bonds. The lowest BCUT2D eigenvalue weighted by atomic mass is 15.8. The maximum Gasteiger partial charge on any atom is 0.282 e. The Hall–Kier alpha value is -0.0700. The minimum absolute atomic E-state index is 0. The maximum atomic E-state index is 8.52. The second-order valence-electron chi connectivity index (χ2n) is 0.201. The molecule has 0 aliphatic carbocycles. The summed E-state index contributed by atoms with van der Waals surface area (Å²) in [6, 6.07) is 0. The van der Waals surface area contributed by atoms with Crippen molar-refractivity contribution in [1.29, 1.82) is 0 Å². The summed E-state index contributed by atoms with van der Waals surface area (Å²) in [6.45, 7) is 0. The van der Waals surface area contributed by atoms with Crippen molar-refractivity contribution in [2.75, 3.05) is 0 Å². The molecule has 0 aliphatic heterocycles. The molecule has 9 nitrogen and oxygen atoms in total. The summed E-state index contributed by atoms with van der Waals surface area (Å²) >= 11 is 0. The van der Waals surface area contributed by atoms with Gasteiger partial charge in [-0.3, -0.25) is 0 Å². The van der Waals surface area contributed by atoms with Crippen LogP contribution in [0.25, 0.3) is 0 Å². The van der Waals surface area contributed by atoms with E-state index in [4.69, 9.17) is 14.0 Å². The molecule has 0 spiro atoms. The van der Waals surface area contributed by atoms with Crippen molar-refractivity contribution < 1.29 is 57.6 Å². The molecule has 0 aromatic carbocycles. The van der Waals surface area contributed by atoms with E-state index in [2.05, 4.69) is 0 Å². The van der Waals surface area contributed by atoms with Crippen molar-refractivity contribution in [3.63, 3.8) is 0 Å². The quantitative estimate of drug-likeness (QED) is 0.392. The van der Waals surface area contributed by atoms with Gasteiger partial charge in [0.15, 0.2) is 0 Å². The Bertz CT molecular complexity index is 9.44. The molecule has 0 aliphatic rings. The van der Waals surface area contributed by atoms with Gasteiger partial charge in [0.1, 0.15) is 0 Å². The lowest BCUT2D eigenvalue weighted by molar-refractivity contribution is -1.63. The molecular formula is H13ClO9. The number of hydrogen-bond donors (Lipinski definition) is 1. The van der Waals surface area contributed by atoms with E-state index in [0.29, 0.717) is 0 Å². The Kier molecular flexibility index (Phi) is 603. The van der Waals surface area contributed by atoms with Gasteiger partial charge in [0.05, 0.1) is 0 Å². The third-order valence-electron chi connectivity index (χ3n) is 0. The van der Waals surface area contributed by atoms with Crippen LogP contribution in [0.15, 0.2) is 0 Å². The molecule has 0 unspecified atom stereocenters. The van der Waals surface area contributed by atoms with Crippen LogP contribution in [0.1, 0.15) is 0 Å². The third-order valence-corrected chi connectivity index (χ3v) is 0. The van der Waals surface area contributed by atoms with Crippen LogP contribution in [0, 0.1) is 10.8 Å². The molecule has 13 N–H and O–H groups in total. The Balaban J connectivity index is -0.00000000300. The fraction of sp³-hybridized carbons (Fsp3) is 0. The second-order valence-corrected chi connectivity index (χ2v) is 0.603. The van der Waals surface area contributed by atoms with Crippen LogP contribution >= 0.6 is 0 Å². The summed E-state index contributed by atoms with van der Waals surface area (Å²) in [5.41, 5.74) is 0. The predicted molar refractivity (Wildman–Crippen MR) is 23.9 cm³/mol. The molecule has 10 heteroatoms. The summed E-state index contributed by atoms with van der Waals surface area (Å²) in [6.07, 6.45) is 0. The molecule has 0 rings (SSSR count). The van der Waals surface area contributed by atoms with Crippen LogP contribution in [0.2, 0.25) is 0 Å². The van der Waals surface area contributed by atoms with Gasteiger partial charge in [-0.25, -0.2) is 0 Å². The molecule has 0 radical (unpaired) electrons. The first-order valence-corrected chi connectivity index (χ1v) is 1.43. The van der Waals surface area contributed by atoms with Gasteiger partial charge in [0.2, 0.25) is 0 Å². The summed E-state index contributed by atoms with van der Waals surface area (Å²) in [7, 11) is -2.60. The Morgan fingerprint density at radius 2 is 0.700 bits per heavy atom. The normalized spacial score (nSPS) is 3.60. The molecule has 0 saturated heterocycles. The van der Waals surface area contributed by atoms with Gasteiger partial charge in [0, 0.05) is 4.66 Å². The zero-order valence-electron chi connectivity index (χ0n) is 4.64. The predicted octanol–water partition coefficient (Wildman–Crippen LogP) is -7.88. The maximum absolute atomic E-state index is 8.52. The van der Waals surface area contributed by atoms with Gasteiger partial charge in [-0.1, -0.05) is 0 Å². The van der Waals surface area contributed by atoms with E-state index in [0.717, 1.165) is 0 Å². The van der Waals surface area contributed by atoms with E-state index >= 15 is 0 Å². The van der Waals surface area contributed by atoms with E-state index in [1.165, 1.54) is 0 Å². The van der Waals surface area contributed by atoms with Crippen LogP contribution in [0.4, 0.5) is 0 Å². The van der Waals surface area contributed by atoms with Gasteiger partial charge in [0.25, 0.3) is 10.8 Å². The smallest absolute Gasteiger partial charge is 0.282 e. The molecule has 74 valence electrons.